The van der Waals surface area contributed by atoms with Crippen molar-refractivity contribution in [3.05, 3.63) is 54.1 Å². The summed E-state index contributed by atoms with van der Waals surface area (Å²) < 4.78 is 10.6. The Morgan fingerprint density at radius 1 is 0.947 bits per heavy atom. The molecule has 0 saturated heterocycles. The van der Waals surface area contributed by atoms with Crippen LogP contribution in [-0.2, 0) is 0 Å². The summed E-state index contributed by atoms with van der Waals surface area (Å²) in [6.45, 7) is 0. The number of hydrazone groups is 1. The largest absolute Gasteiger partial charge is 0.493 e. The maximum Gasteiger partial charge on any atom is 0.169 e. The Kier molecular flexibility index (Phi) is 4.39. The van der Waals surface area contributed by atoms with Crippen LogP contribution in [0.4, 0.5) is 5.69 Å². The number of anilines is 1. The van der Waals surface area contributed by atoms with Gasteiger partial charge in [0.1, 0.15) is 0 Å². The molecular formula is C15H16N2O2. The first-order chi connectivity index (χ1) is 9.35. The molecule has 0 bridgehead atoms. The molecule has 2 aromatic carbocycles. The van der Waals surface area contributed by atoms with E-state index in [-0.39, 0.29) is 0 Å². The van der Waals surface area contributed by atoms with Crippen LogP contribution in [0.5, 0.6) is 11.5 Å². The van der Waals surface area contributed by atoms with Crippen molar-refractivity contribution in [2.75, 3.05) is 19.6 Å². The summed E-state index contributed by atoms with van der Waals surface area (Å²) >= 11 is 0. The van der Waals surface area contributed by atoms with E-state index in [1.165, 1.54) is 0 Å². The third-order valence-corrected chi connectivity index (χ3v) is 2.60. The molecule has 0 atom stereocenters. The molecule has 19 heavy (non-hydrogen) atoms. The minimum Gasteiger partial charge on any atom is -0.493 e. The second kappa shape index (κ2) is 6.44. The van der Waals surface area contributed by atoms with Gasteiger partial charge in [-0.1, -0.05) is 24.3 Å². The second-order valence-electron chi connectivity index (χ2n) is 3.82. The number of para-hydroxylation sites is 2. The molecule has 0 unspecified atom stereocenters. The third-order valence-electron chi connectivity index (χ3n) is 2.60. The molecule has 0 aromatic heterocycles. The van der Waals surface area contributed by atoms with Crippen molar-refractivity contribution in [1.82, 2.24) is 0 Å². The lowest BCUT2D eigenvalue weighted by atomic mass is 10.2. The molecule has 0 amide bonds. The molecule has 0 radical (unpaired) electrons. The topological polar surface area (TPSA) is 42.8 Å². The fourth-order valence-electron chi connectivity index (χ4n) is 1.70. The maximum absolute atomic E-state index is 5.33. The first-order valence-corrected chi connectivity index (χ1v) is 5.90. The second-order valence-corrected chi connectivity index (χ2v) is 3.82. The SMILES string of the molecule is COc1cccc(C=NNc2ccccc2)c1OC. The van der Waals surface area contributed by atoms with Crippen LogP contribution in [0.1, 0.15) is 5.56 Å². The summed E-state index contributed by atoms with van der Waals surface area (Å²) in [7, 11) is 3.22. The van der Waals surface area contributed by atoms with Crippen molar-refractivity contribution in [1.29, 1.82) is 0 Å². The molecule has 2 aromatic rings. The Morgan fingerprint density at radius 3 is 2.42 bits per heavy atom. The van der Waals surface area contributed by atoms with Crippen LogP contribution >= 0.6 is 0 Å². The van der Waals surface area contributed by atoms with Crippen LogP contribution < -0.4 is 14.9 Å². The molecule has 0 aliphatic carbocycles. The number of rotatable bonds is 5. The summed E-state index contributed by atoms with van der Waals surface area (Å²) in [5.74, 6) is 1.36. The minimum absolute atomic E-state index is 0.670. The maximum atomic E-state index is 5.33. The molecule has 2 rings (SSSR count). The highest BCUT2D eigenvalue weighted by Crippen LogP contribution is 2.29. The third kappa shape index (κ3) is 3.25. The number of methoxy groups -OCH3 is 2. The zero-order valence-electron chi connectivity index (χ0n) is 11.0. The number of hydrogen-bond donors (Lipinski definition) is 1. The molecule has 0 saturated carbocycles. The molecule has 0 heterocycles. The van der Waals surface area contributed by atoms with Crippen molar-refractivity contribution < 1.29 is 9.47 Å². The first-order valence-electron chi connectivity index (χ1n) is 5.90. The number of nitrogens with zero attached hydrogens (tertiary/aromatic N) is 1. The lowest BCUT2D eigenvalue weighted by Crippen LogP contribution is -1.96. The number of hydrogen-bond acceptors (Lipinski definition) is 4. The molecule has 98 valence electrons. The molecule has 0 aliphatic rings. The predicted octanol–water partition coefficient (Wildman–Crippen LogP) is 3.15. The van der Waals surface area contributed by atoms with Gasteiger partial charge in [-0.3, -0.25) is 5.43 Å². The van der Waals surface area contributed by atoms with Gasteiger partial charge >= 0.3 is 0 Å². The lowest BCUT2D eigenvalue weighted by Gasteiger charge is -2.09. The quantitative estimate of drug-likeness (QED) is 0.660. The van der Waals surface area contributed by atoms with Crippen molar-refractivity contribution in [3.8, 4) is 11.5 Å². The van der Waals surface area contributed by atoms with Crippen LogP contribution in [0.2, 0.25) is 0 Å². The molecule has 0 aliphatic heterocycles. The molecule has 0 spiro atoms. The van der Waals surface area contributed by atoms with E-state index in [2.05, 4.69) is 10.5 Å². The van der Waals surface area contributed by atoms with E-state index in [1.807, 2.05) is 48.5 Å². The summed E-state index contributed by atoms with van der Waals surface area (Å²) in [6, 6.07) is 15.4. The lowest BCUT2D eigenvalue weighted by molar-refractivity contribution is 0.354. The Morgan fingerprint density at radius 2 is 1.74 bits per heavy atom. The summed E-state index contributed by atoms with van der Waals surface area (Å²) in [5.41, 5.74) is 4.74. The van der Waals surface area contributed by atoms with Crippen molar-refractivity contribution >= 4 is 11.9 Å². The summed E-state index contributed by atoms with van der Waals surface area (Å²) in [6.07, 6.45) is 1.70. The highest BCUT2D eigenvalue weighted by atomic mass is 16.5. The van der Waals surface area contributed by atoms with Crippen LogP contribution in [0.25, 0.3) is 0 Å². The Labute approximate surface area is 112 Å². The Balaban J connectivity index is 2.15. The van der Waals surface area contributed by atoms with E-state index < -0.39 is 0 Å². The number of nitrogens with one attached hydrogen (secondary N) is 1. The standard InChI is InChI=1S/C15H16N2O2/c1-18-14-10-6-7-12(15(14)19-2)11-16-17-13-8-4-3-5-9-13/h3-11,17H,1-2H3. The Hall–Kier alpha value is -2.49. The van der Waals surface area contributed by atoms with Gasteiger partial charge in [-0.05, 0) is 24.3 Å². The molecule has 1 N–H and O–H groups in total. The van der Waals surface area contributed by atoms with Gasteiger partial charge in [0.25, 0.3) is 0 Å². The van der Waals surface area contributed by atoms with E-state index in [4.69, 9.17) is 9.47 Å². The molecule has 4 nitrogen and oxygen atoms in total. The van der Waals surface area contributed by atoms with E-state index >= 15 is 0 Å². The summed E-state index contributed by atoms with van der Waals surface area (Å²) in [5, 5.41) is 4.19. The van der Waals surface area contributed by atoms with Gasteiger partial charge in [0.15, 0.2) is 11.5 Å². The van der Waals surface area contributed by atoms with E-state index in [9.17, 15) is 0 Å². The van der Waals surface area contributed by atoms with Crippen molar-refractivity contribution in [2.45, 2.75) is 0 Å². The fourth-order valence-corrected chi connectivity index (χ4v) is 1.70. The smallest absolute Gasteiger partial charge is 0.169 e. The zero-order valence-corrected chi connectivity index (χ0v) is 11.0. The van der Waals surface area contributed by atoms with Gasteiger partial charge < -0.3 is 9.47 Å². The summed E-state index contributed by atoms with van der Waals surface area (Å²) in [4.78, 5) is 0. The number of ether oxygens (including phenoxy) is 2. The Bertz CT molecular complexity index is 553. The highest BCUT2D eigenvalue weighted by molar-refractivity contribution is 5.85. The fraction of sp³-hybridized carbons (Fsp3) is 0.133. The molecule has 4 heteroatoms. The normalized spacial score (nSPS) is 10.4. The van der Waals surface area contributed by atoms with Crippen LogP contribution in [-0.4, -0.2) is 20.4 Å². The zero-order chi connectivity index (χ0) is 13.5. The van der Waals surface area contributed by atoms with Gasteiger partial charge in [0, 0.05) is 5.56 Å². The van der Waals surface area contributed by atoms with Gasteiger partial charge in [0.05, 0.1) is 26.1 Å². The molecule has 0 fully saturated rings. The van der Waals surface area contributed by atoms with Gasteiger partial charge in [-0.2, -0.15) is 5.10 Å². The monoisotopic (exact) mass is 256 g/mol. The average molecular weight is 256 g/mol. The van der Waals surface area contributed by atoms with Crippen molar-refractivity contribution in [2.24, 2.45) is 5.10 Å². The van der Waals surface area contributed by atoms with E-state index in [0.29, 0.717) is 11.5 Å². The molecular weight excluding hydrogens is 240 g/mol. The van der Waals surface area contributed by atoms with Gasteiger partial charge in [0.2, 0.25) is 0 Å². The van der Waals surface area contributed by atoms with Gasteiger partial charge in [-0.15, -0.1) is 0 Å². The van der Waals surface area contributed by atoms with E-state index in [0.717, 1.165) is 11.3 Å². The van der Waals surface area contributed by atoms with E-state index in [1.54, 1.807) is 20.4 Å². The average Bonchev–Trinajstić information content (AvgIpc) is 2.48. The van der Waals surface area contributed by atoms with Crippen LogP contribution in [0.3, 0.4) is 0 Å². The minimum atomic E-state index is 0.670. The van der Waals surface area contributed by atoms with Crippen molar-refractivity contribution in [3.63, 3.8) is 0 Å². The van der Waals surface area contributed by atoms with Crippen LogP contribution in [0.15, 0.2) is 53.6 Å². The predicted molar refractivity (Wildman–Crippen MR) is 77.2 cm³/mol. The first kappa shape index (κ1) is 13.0. The van der Waals surface area contributed by atoms with Gasteiger partial charge in [-0.25, -0.2) is 0 Å². The number of benzene rings is 2. The highest BCUT2D eigenvalue weighted by Gasteiger charge is 2.06. The van der Waals surface area contributed by atoms with Crippen LogP contribution in [0, 0.1) is 0 Å².